The summed E-state index contributed by atoms with van der Waals surface area (Å²) in [7, 11) is -3.72. The van der Waals surface area contributed by atoms with Gasteiger partial charge in [-0.05, 0) is 12.1 Å². The van der Waals surface area contributed by atoms with Gasteiger partial charge in [-0.1, -0.05) is 0 Å². The zero-order chi connectivity index (χ0) is 10.3. The van der Waals surface area contributed by atoms with Crippen LogP contribution in [0.3, 0.4) is 0 Å². The number of pyridine rings is 1. The number of rotatable bonds is 1. The normalized spacial score (nSPS) is 12.1. The Balaban J connectivity index is 2.88. The number of nitrogens with one attached hydrogen (secondary N) is 1. The van der Waals surface area contributed by atoms with Gasteiger partial charge in [-0.2, -0.15) is 0 Å². The predicted molar refractivity (Wildman–Crippen MR) is 53.8 cm³/mol. The summed E-state index contributed by atoms with van der Waals surface area (Å²) in [5.74, 6) is 0. The summed E-state index contributed by atoms with van der Waals surface area (Å²) in [5, 5.41) is 5.53. The van der Waals surface area contributed by atoms with Crippen molar-refractivity contribution in [2.75, 3.05) is 0 Å². The largest absolute Gasteiger partial charge is 0.328 e. The van der Waals surface area contributed by atoms with Gasteiger partial charge in [0.1, 0.15) is 8.91 Å². The van der Waals surface area contributed by atoms with E-state index in [1.54, 1.807) is 6.07 Å². The van der Waals surface area contributed by atoms with E-state index in [9.17, 15) is 13.2 Å². The molecule has 3 N–H and O–H groups in total. The van der Waals surface area contributed by atoms with Crippen LogP contribution in [-0.4, -0.2) is 13.4 Å². The van der Waals surface area contributed by atoms with Crippen molar-refractivity contribution in [3.8, 4) is 0 Å². The molecule has 5 nitrogen and oxygen atoms in total. The average molecular weight is 230 g/mol. The number of thiophene rings is 1. The summed E-state index contributed by atoms with van der Waals surface area (Å²) in [6.07, 6.45) is 1.46. The molecule has 0 aliphatic heterocycles. The number of aromatic amines is 1. The molecule has 2 aromatic rings. The van der Waals surface area contributed by atoms with Crippen LogP contribution < -0.4 is 10.7 Å². The zero-order valence-corrected chi connectivity index (χ0v) is 8.48. The lowest BCUT2D eigenvalue weighted by atomic mass is 10.3. The summed E-state index contributed by atoms with van der Waals surface area (Å²) < 4.78 is 22.4. The van der Waals surface area contributed by atoms with E-state index in [4.69, 9.17) is 5.14 Å². The fourth-order valence-corrected chi connectivity index (χ4v) is 2.88. The molecule has 0 aliphatic carbocycles. The second kappa shape index (κ2) is 2.91. The van der Waals surface area contributed by atoms with Gasteiger partial charge < -0.3 is 4.98 Å². The van der Waals surface area contributed by atoms with Crippen molar-refractivity contribution in [2.24, 2.45) is 5.14 Å². The van der Waals surface area contributed by atoms with Crippen molar-refractivity contribution < 1.29 is 8.42 Å². The lowest BCUT2D eigenvalue weighted by Gasteiger charge is -1.86. The molecule has 14 heavy (non-hydrogen) atoms. The summed E-state index contributed by atoms with van der Waals surface area (Å²) in [4.78, 5) is 13.7. The van der Waals surface area contributed by atoms with E-state index in [-0.39, 0.29) is 9.77 Å². The maximum Gasteiger partial charge on any atom is 0.265 e. The minimum atomic E-state index is -3.72. The maximum absolute atomic E-state index is 11.2. The number of sulfonamides is 1. The lowest BCUT2D eigenvalue weighted by Crippen LogP contribution is -2.09. The first-order valence-electron chi connectivity index (χ1n) is 3.62. The summed E-state index contributed by atoms with van der Waals surface area (Å²) in [6, 6.07) is 3.02. The Labute approximate surface area is 83.2 Å². The smallest absolute Gasteiger partial charge is 0.265 e. The SMILES string of the molecule is NS(=O)(=O)c1cc2cc[nH]c(=O)c2s1. The first-order valence-corrected chi connectivity index (χ1v) is 5.99. The monoisotopic (exact) mass is 230 g/mol. The Bertz CT molecular complexity index is 638. The minimum absolute atomic E-state index is 0.00389. The third kappa shape index (κ3) is 1.45. The van der Waals surface area contributed by atoms with Gasteiger partial charge in [0.05, 0.1) is 0 Å². The van der Waals surface area contributed by atoms with Gasteiger partial charge >= 0.3 is 0 Å². The van der Waals surface area contributed by atoms with Gasteiger partial charge in [0.15, 0.2) is 0 Å². The van der Waals surface area contributed by atoms with Crippen LogP contribution in [0.4, 0.5) is 0 Å². The molecule has 0 aromatic carbocycles. The van der Waals surface area contributed by atoms with E-state index >= 15 is 0 Å². The first kappa shape index (κ1) is 9.38. The van der Waals surface area contributed by atoms with Crippen LogP contribution in [0.2, 0.25) is 0 Å². The van der Waals surface area contributed by atoms with Crippen molar-refractivity contribution in [1.82, 2.24) is 4.98 Å². The van der Waals surface area contributed by atoms with Gasteiger partial charge in [0.25, 0.3) is 5.56 Å². The maximum atomic E-state index is 11.2. The Morgan fingerprint density at radius 3 is 2.71 bits per heavy atom. The lowest BCUT2D eigenvalue weighted by molar-refractivity contribution is 0.600. The van der Waals surface area contributed by atoms with E-state index < -0.39 is 10.0 Å². The molecule has 0 atom stereocenters. The van der Waals surface area contributed by atoms with Crippen LogP contribution in [0.5, 0.6) is 0 Å². The van der Waals surface area contributed by atoms with Gasteiger partial charge in [0.2, 0.25) is 10.0 Å². The molecule has 0 fully saturated rings. The molecular formula is C7H6N2O3S2. The highest BCUT2D eigenvalue weighted by molar-refractivity contribution is 7.91. The fraction of sp³-hybridized carbons (Fsp3) is 0. The number of hydrogen-bond donors (Lipinski definition) is 2. The quantitative estimate of drug-likeness (QED) is 0.734. The zero-order valence-electron chi connectivity index (χ0n) is 6.85. The first-order chi connectivity index (χ1) is 6.48. The molecule has 0 aliphatic rings. The molecule has 0 bridgehead atoms. The van der Waals surface area contributed by atoms with Crippen molar-refractivity contribution in [1.29, 1.82) is 0 Å². The van der Waals surface area contributed by atoms with Crippen molar-refractivity contribution in [2.45, 2.75) is 4.21 Å². The molecular weight excluding hydrogens is 224 g/mol. The number of primary sulfonamides is 1. The van der Waals surface area contributed by atoms with E-state index in [0.717, 1.165) is 11.3 Å². The molecule has 2 heterocycles. The number of fused-ring (bicyclic) bond motifs is 1. The molecule has 2 rings (SSSR count). The van der Waals surface area contributed by atoms with Crippen LogP contribution in [0.25, 0.3) is 10.1 Å². The predicted octanol–water partition coefficient (Wildman–Crippen LogP) is 0.237. The Hall–Kier alpha value is -1.18. The van der Waals surface area contributed by atoms with E-state index in [1.807, 2.05) is 0 Å². The standard InChI is InChI=1S/C7H6N2O3S2/c8-14(11,12)5-3-4-1-2-9-7(10)6(4)13-5/h1-3H,(H,9,10)(H2,8,11,12). The molecule has 0 saturated heterocycles. The van der Waals surface area contributed by atoms with E-state index in [1.165, 1.54) is 12.3 Å². The molecule has 74 valence electrons. The summed E-state index contributed by atoms with van der Waals surface area (Å²) >= 11 is 0.874. The third-order valence-electron chi connectivity index (χ3n) is 1.70. The molecule has 0 saturated carbocycles. The summed E-state index contributed by atoms with van der Waals surface area (Å²) in [5.41, 5.74) is -0.303. The van der Waals surface area contributed by atoms with Crippen LogP contribution in [-0.2, 0) is 10.0 Å². The van der Waals surface area contributed by atoms with Crippen LogP contribution in [0, 0.1) is 0 Å². The van der Waals surface area contributed by atoms with Gasteiger partial charge in [-0.25, -0.2) is 13.6 Å². The second-order valence-electron chi connectivity index (χ2n) is 2.70. The molecule has 0 unspecified atom stereocenters. The van der Waals surface area contributed by atoms with Gasteiger partial charge in [-0.3, -0.25) is 4.79 Å². The number of nitrogens with two attached hydrogens (primary N) is 1. The Morgan fingerprint density at radius 1 is 1.43 bits per heavy atom. The Morgan fingerprint density at radius 2 is 2.14 bits per heavy atom. The van der Waals surface area contributed by atoms with Crippen molar-refractivity contribution in [3.05, 3.63) is 28.7 Å². The van der Waals surface area contributed by atoms with E-state index in [2.05, 4.69) is 4.98 Å². The van der Waals surface area contributed by atoms with Crippen molar-refractivity contribution >= 4 is 31.4 Å². The van der Waals surface area contributed by atoms with Gasteiger partial charge in [-0.15, -0.1) is 11.3 Å². The highest BCUT2D eigenvalue weighted by Crippen LogP contribution is 2.24. The molecule has 0 amide bonds. The topological polar surface area (TPSA) is 93.0 Å². The van der Waals surface area contributed by atoms with E-state index in [0.29, 0.717) is 10.1 Å². The Kier molecular flexibility index (Phi) is 1.95. The van der Waals surface area contributed by atoms with Crippen LogP contribution >= 0.6 is 11.3 Å². The molecule has 0 spiro atoms. The fourth-order valence-electron chi connectivity index (χ4n) is 1.10. The minimum Gasteiger partial charge on any atom is -0.328 e. The highest BCUT2D eigenvalue weighted by atomic mass is 32.2. The van der Waals surface area contributed by atoms with Crippen LogP contribution in [0.1, 0.15) is 0 Å². The second-order valence-corrected chi connectivity index (χ2v) is 5.54. The molecule has 7 heteroatoms. The number of aromatic nitrogens is 1. The highest BCUT2D eigenvalue weighted by Gasteiger charge is 2.13. The number of hydrogen-bond acceptors (Lipinski definition) is 4. The molecule has 2 aromatic heterocycles. The molecule has 0 radical (unpaired) electrons. The van der Waals surface area contributed by atoms with Crippen molar-refractivity contribution in [3.63, 3.8) is 0 Å². The summed E-state index contributed by atoms with van der Waals surface area (Å²) in [6.45, 7) is 0. The third-order valence-corrected chi connectivity index (χ3v) is 4.27. The van der Waals surface area contributed by atoms with Gasteiger partial charge in [0, 0.05) is 11.6 Å². The van der Waals surface area contributed by atoms with Crippen LogP contribution in [0.15, 0.2) is 27.3 Å². The average Bonchev–Trinajstić information content (AvgIpc) is 2.48. The number of H-pyrrole nitrogens is 1.